The second-order valence-electron chi connectivity index (χ2n) is 3.97. The molecule has 0 radical (unpaired) electrons. The average molecular weight is 259 g/mol. The molecule has 1 atom stereocenters. The van der Waals surface area contributed by atoms with E-state index in [0.717, 1.165) is 0 Å². The minimum Gasteiger partial charge on any atom is -0.398 e. The van der Waals surface area contributed by atoms with Crippen LogP contribution < -0.4 is 16.2 Å². The molecule has 0 saturated heterocycles. The van der Waals surface area contributed by atoms with Gasteiger partial charge in [-0.15, -0.1) is 0 Å². The van der Waals surface area contributed by atoms with Crippen LogP contribution in [0.15, 0.2) is 23.1 Å². The van der Waals surface area contributed by atoms with Crippen LogP contribution in [-0.4, -0.2) is 26.7 Å². The molecule has 0 aliphatic heterocycles. The first-order valence-electron chi connectivity index (χ1n) is 5.11. The lowest BCUT2D eigenvalue weighted by Gasteiger charge is -2.12. The summed E-state index contributed by atoms with van der Waals surface area (Å²) < 4.78 is 22.2. The van der Waals surface area contributed by atoms with Crippen LogP contribution in [0.1, 0.15) is 6.92 Å². The van der Waals surface area contributed by atoms with Gasteiger partial charge in [-0.25, -0.2) is 13.6 Å². The van der Waals surface area contributed by atoms with Crippen LogP contribution in [0.5, 0.6) is 0 Å². The fraction of sp³-hybridized carbons (Fsp3) is 0.400. The highest BCUT2D eigenvalue weighted by molar-refractivity contribution is 7.89. The SMILES string of the molecule is CC(CO)CNc1ccc(S(N)(=O)=O)c(N)c1. The number of hydrogen-bond acceptors (Lipinski definition) is 5. The Labute approximate surface area is 101 Å². The number of benzene rings is 1. The molecule has 1 aromatic carbocycles. The van der Waals surface area contributed by atoms with Crippen LogP contribution in [0.25, 0.3) is 0 Å². The fourth-order valence-corrected chi connectivity index (χ4v) is 1.92. The van der Waals surface area contributed by atoms with Gasteiger partial charge in [0.1, 0.15) is 4.90 Å². The van der Waals surface area contributed by atoms with E-state index in [1.165, 1.54) is 12.1 Å². The fourth-order valence-electron chi connectivity index (χ4n) is 1.27. The average Bonchev–Trinajstić information content (AvgIpc) is 2.24. The minimum absolute atomic E-state index is 0.0811. The Hall–Kier alpha value is -1.31. The van der Waals surface area contributed by atoms with Crippen LogP contribution in [0.3, 0.4) is 0 Å². The molecule has 0 bridgehead atoms. The highest BCUT2D eigenvalue weighted by atomic mass is 32.2. The zero-order chi connectivity index (χ0) is 13.1. The Balaban J connectivity index is 2.83. The molecule has 0 amide bonds. The second kappa shape index (κ2) is 5.35. The molecule has 0 aliphatic rings. The molecule has 7 heteroatoms. The Morgan fingerprint density at radius 2 is 2.12 bits per heavy atom. The van der Waals surface area contributed by atoms with Crippen molar-refractivity contribution in [1.82, 2.24) is 0 Å². The monoisotopic (exact) mass is 259 g/mol. The number of hydrogen-bond donors (Lipinski definition) is 4. The maximum Gasteiger partial charge on any atom is 0.240 e. The second-order valence-corrected chi connectivity index (χ2v) is 5.50. The topological polar surface area (TPSA) is 118 Å². The van der Waals surface area contributed by atoms with E-state index >= 15 is 0 Å². The van der Waals surface area contributed by atoms with E-state index in [-0.39, 0.29) is 23.1 Å². The van der Waals surface area contributed by atoms with Crippen molar-refractivity contribution in [2.45, 2.75) is 11.8 Å². The smallest absolute Gasteiger partial charge is 0.240 e. The van der Waals surface area contributed by atoms with Crippen molar-refractivity contribution in [1.29, 1.82) is 0 Å². The quantitative estimate of drug-likeness (QED) is 0.553. The van der Waals surface area contributed by atoms with Crippen molar-refractivity contribution in [2.75, 3.05) is 24.2 Å². The first kappa shape index (κ1) is 13.8. The molecule has 6 nitrogen and oxygen atoms in total. The van der Waals surface area contributed by atoms with Crippen molar-refractivity contribution < 1.29 is 13.5 Å². The van der Waals surface area contributed by atoms with E-state index in [0.29, 0.717) is 12.2 Å². The minimum atomic E-state index is -3.78. The maximum absolute atomic E-state index is 11.1. The lowest BCUT2D eigenvalue weighted by atomic mass is 10.2. The molecule has 1 rings (SSSR count). The van der Waals surface area contributed by atoms with Crippen molar-refractivity contribution in [3.63, 3.8) is 0 Å². The molecule has 1 unspecified atom stereocenters. The lowest BCUT2D eigenvalue weighted by molar-refractivity contribution is 0.244. The van der Waals surface area contributed by atoms with E-state index in [1.54, 1.807) is 6.07 Å². The third kappa shape index (κ3) is 3.88. The van der Waals surface area contributed by atoms with E-state index in [2.05, 4.69) is 5.32 Å². The largest absolute Gasteiger partial charge is 0.398 e. The summed E-state index contributed by atoms with van der Waals surface area (Å²) in [6.07, 6.45) is 0. The summed E-state index contributed by atoms with van der Waals surface area (Å²) in [5.74, 6) is 0.106. The highest BCUT2D eigenvalue weighted by Gasteiger charge is 2.12. The van der Waals surface area contributed by atoms with E-state index < -0.39 is 10.0 Å². The lowest BCUT2D eigenvalue weighted by Crippen LogP contribution is -2.16. The summed E-state index contributed by atoms with van der Waals surface area (Å²) in [5.41, 5.74) is 6.39. The van der Waals surface area contributed by atoms with Gasteiger partial charge in [0.15, 0.2) is 0 Å². The van der Waals surface area contributed by atoms with Gasteiger partial charge >= 0.3 is 0 Å². The molecule has 96 valence electrons. The maximum atomic E-state index is 11.1. The van der Waals surface area contributed by atoms with Crippen molar-refractivity contribution in [2.24, 2.45) is 11.1 Å². The summed E-state index contributed by atoms with van der Waals surface area (Å²) in [6.45, 7) is 2.54. The molecule has 6 N–H and O–H groups in total. The van der Waals surface area contributed by atoms with Gasteiger partial charge in [-0.1, -0.05) is 6.92 Å². The number of rotatable bonds is 5. The van der Waals surface area contributed by atoms with Gasteiger partial charge in [0, 0.05) is 18.8 Å². The molecule has 0 spiro atoms. The van der Waals surface area contributed by atoms with E-state index in [9.17, 15) is 8.42 Å². The molecular formula is C10H17N3O3S. The number of aliphatic hydroxyl groups excluding tert-OH is 1. The van der Waals surface area contributed by atoms with Crippen LogP contribution >= 0.6 is 0 Å². The van der Waals surface area contributed by atoms with Gasteiger partial charge in [0.05, 0.1) is 5.69 Å². The van der Waals surface area contributed by atoms with Gasteiger partial charge in [0.25, 0.3) is 0 Å². The Bertz CT molecular complexity index is 488. The number of sulfonamides is 1. The van der Waals surface area contributed by atoms with Crippen molar-refractivity contribution in [3.05, 3.63) is 18.2 Å². The number of nitrogens with two attached hydrogens (primary N) is 2. The van der Waals surface area contributed by atoms with Crippen LogP contribution in [-0.2, 0) is 10.0 Å². The normalized spacial score (nSPS) is 13.4. The molecule has 0 fully saturated rings. The predicted octanol–water partition coefficient (Wildman–Crippen LogP) is -0.0435. The summed E-state index contributed by atoms with van der Waals surface area (Å²) in [5, 5.41) is 16.9. The number of primary sulfonamides is 1. The molecule has 0 aromatic heterocycles. The molecule has 0 heterocycles. The van der Waals surface area contributed by atoms with Gasteiger partial charge in [-0.05, 0) is 24.1 Å². The third-order valence-electron chi connectivity index (χ3n) is 2.28. The zero-order valence-electron chi connectivity index (χ0n) is 9.55. The Morgan fingerprint density at radius 1 is 1.47 bits per heavy atom. The van der Waals surface area contributed by atoms with Crippen LogP contribution in [0.2, 0.25) is 0 Å². The number of aliphatic hydroxyl groups is 1. The summed E-state index contributed by atoms with van der Waals surface area (Å²) in [6, 6.07) is 4.45. The number of anilines is 2. The first-order chi connectivity index (χ1) is 7.84. The van der Waals surface area contributed by atoms with Crippen LogP contribution in [0, 0.1) is 5.92 Å². The van der Waals surface area contributed by atoms with E-state index in [4.69, 9.17) is 16.0 Å². The number of nitrogen functional groups attached to an aromatic ring is 1. The summed E-state index contributed by atoms with van der Waals surface area (Å²) in [4.78, 5) is -0.0849. The van der Waals surface area contributed by atoms with Gasteiger partial charge in [-0.3, -0.25) is 0 Å². The third-order valence-corrected chi connectivity index (χ3v) is 3.27. The predicted molar refractivity (Wildman–Crippen MR) is 67.0 cm³/mol. The van der Waals surface area contributed by atoms with Gasteiger partial charge in [0.2, 0.25) is 10.0 Å². The molecule has 0 aliphatic carbocycles. The van der Waals surface area contributed by atoms with E-state index in [1.807, 2.05) is 6.92 Å². The highest BCUT2D eigenvalue weighted by Crippen LogP contribution is 2.21. The van der Waals surface area contributed by atoms with Crippen molar-refractivity contribution >= 4 is 21.4 Å². The van der Waals surface area contributed by atoms with Gasteiger partial charge < -0.3 is 16.2 Å². The molecule has 0 saturated carbocycles. The summed E-state index contributed by atoms with van der Waals surface area (Å²) >= 11 is 0. The molecule has 1 aromatic rings. The molecule has 17 heavy (non-hydrogen) atoms. The molecular weight excluding hydrogens is 242 g/mol. The van der Waals surface area contributed by atoms with Gasteiger partial charge in [-0.2, -0.15) is 0 Å². The van der Waals surface area contributed by atoms with Crippen LogP contribution in [0.4, 0.5) is 11.4 Å². The van der Waals surface area contributed by atoms with Crippen molar-refractivity contribution in [3.8, 4) is 0 Å². The Morgan fingerprint density at radius 3 is 2.59 bits per heavy atom. The first-order valence-corrected chi connectivity index (χ1v) is 6.66. The zero-order valence-corrected chi connectivity index (χ0v) is 10.4. The standard InChI is InChI=1S/C10H17N3O3S/c1-7(6-14)5-13-8-2-3-10(9(11)4-8)17(12,15)16/h2-4,7,13-14H,5-6,11H2,1H3,(H2,12,15,16). The summed E-state index contributed by atoms with van der Waals surface area (Å²) in [7, 11) is -3.78. The Kier molecular flexibility index (Phi) is 4.33. The number of nitrogens with one attached hydrogen (secondary N) is 1.